The first-order valence-electron chi connectivity index (χ1n) is 7.45. The van der Waals surface area contributed by atoms with Crippen molar-refractivity contribution in [2.45, 2.75) is 45.6 Å². The number of anilines is 1. The predicted octanol–water partition coefficient (Wildman–Crippen LogP) is 3.06. The fraction of sp³-hybridized carbons (Fsp3) is 0.533. The number of aryl methyl sites for hydroxylation is 1. The summed E-state index contributed by atoms with van der Waals surface area (Å²) in [6.07, 6.45) is 8.23. The van der Waals surface area contributed by atoms with E-state index in [4.69, 9.17) is 0 Å². The van der Waals surface area contributed by atoms with Crippen LogP contribution in [0.3, 0.4) is 0 Å². The molecule has 5 heteroatoms. The summed E-state index contributed by atoms with van der Waals surface area (Å²) in [5.74, 6) is 1.70. The van der Waals surface area contributed by atoms with Crippen LogP contribution < -0.4 is 5.32 Å². The van der Waals surface area contributed by atoms with Gasteiger partial charge in [0.1, 0.15) is 11.5 Å². The second kappa shape index (κ2) is 5.61. The third kappa shape index (κ3) is 2.66. The number of aromatic nitrogens is 4. The molecule has 0 unspecified atom stereocenters. The van der Waals surface area contributed by atoms with Gasteiger partial charge in [0.15, 0.2) is 5.82 Å². The average Bonchev–Trinajstić information content (AvgIpc) is 3.21. The first-order valence-corrected chi connectivity index (χ1v) is 7.45. The summed E-state index contributed by atoms with van der Waals surface area (Å²) in [7, 11) is 0. The molecule has 1 fully saturated rings. The number of nitrogens with zero attached hydrogens (tertiary/aromatic N) is 4. The zero-order valence-corrected chi connectivity index (χ0v) is 12.1. The van der Waals surface area contributed by atoms with Crippen molar-refractivity contribution in [3.8, 4) is 11.5 Å². The molecule has 0 spiro atoms. The van der Waals surface area contributed by atoms with Crippen molar-refractivity contribution < 1.29 is 0 Å². The molecule has 0 saturated heterocycles. The lowest BCUT2D eigenvalue weighted by Gasteiger charge is -2.10. The molecule has 0 aromatic carbocycles. The highest BCUT2D eigenvalue weighted by Crippen LogP contribution is 2.37. The van der Waals surface area contributed by atoms with Crippen molar-refractivity contribution in [2.24, 2.45) is 0 Å². The molecule has 20 heavy (non-hydrogen) atoms. The number of imidazole rings is 1. The van der Waals surface area contributed by atoms with Crippen LogP contribution in [-0.4, -0.2) is 26.1 Å². The standard InChI is InChI=1S/C15H21N5/c1-3-7-17-14-8-11(4-2)18-15(19-14)13-9-16-10-20(13)12-5-6-12/h8-10,12H,3-7H2,1-2H3,(H,17,18,19). The maximum absolute atomic E-state index is 4.66. The molecule has 0 atom stereocenters. The van der Waals surface area contributed by atoms with Gasteiger partial charge in [-0.3, -0.25) is 0 Å². The molecule has 2 aromatic heterocycles. The van der Waals surface area contributed by atoms with E-state index in [1.165, 1.54) is 12.8 Å². The van der Waals surface area contributed by atoms with E-state index in [-0.39, 0.29) is 0 Å². The molecule has 2 heterocycles. The summed E-state index contributed by atoms with van der Waals surface area (Å²) in [6.45, 7) is 5.20. The fourth-order valence-corrected chi connectivity index (χ4v) is 2.26. The van der Waals surface area contributed by atoms with Gasteiger partial charge >= 0.3 is 0 Å². The van der Waals surface area contributed by atoms with E-state index >= 15 is 0 Å². The Morgan fingerprint density at radius 2 is 2.15 bits per heavy atom. The van der Waals surface area contributed by atoms with Crippen molar-refractivity contribution in [3.05, 3.63) is 24.3 Å². The number of rotatable bonds is 6. The van der Waals surface area contributed by atoms with E-state index in [1.807, 2.05) is 18.6 Å². The van der Waals surface area contributed by atoms with E-state index in [9.17, 15) is 0 Å². The third-order valence-electron chi connectivity index (χ3n) is 3.53. The quantitative estimate of drug-likeness (QED) is 0.877. The van der Waals surface area contributed by atoms with Crippen molar-refractivity contribution in [2.75, 3.05) is 11.9 Å². The molecule has 1 aliphatic rings. The highest BCUT2D eigenvalue weighted by atomic mass is 15.1. The lowest BCUT2D eigenvalue weighted by Crippen LogP contribution is -2.07. The van der Waals surface area contributed by atoms with Crippen molar-refractivity contribution in [1.82, 2.24) is 19.5 Å². The molecule has 1 N–H and O–H groups in total. The molecule has 0 radical (unpaired) electrons. The Hall–Kier alpha value is -1.91. The number of hydrogen-bond acceptors (Lipinski definition) is 4. The molecule has 1 saturated carbocycles. The monoisotopic (exact) mass is 271 g/mol. The summed E-state index contributed by atoms with van der Waals surface area (Å²) in [6, 6.07) is 2.63. The van der Waals surface area contributed by atoms with Gasteiger partial charge in [0.2, 0.25) is 0 Å². The molecule has 5 nitrogen and oxygen atoms in total. The van der Waals surface area contributed by atoms with E-state index in [2.05, 4.69) is 38.7 Å². The van der Waals surface area contributed by atoms with E-state index in [0.29, 0.717) is 6.04 Å². The van der Waals surface area contributed by atoms with Crippen LogP contribution in [0.2, 0.25) is 0 Å². The third-order valence-corrected chi connectivity index (χ3v) is 3.53. The second-order valence-corrected chi connectivity index (χ2v) is 5.27. The molecule has 106 valence electrons. The van der Waals surface area contributed by atoms with Crippen LogP contribution >= 0.6 is 0 Å². The normalized spacial score (nSPS) is 14.5. The zero-order valence-electron chi connectivity index (χ0n) is 12.1. The molecule has 3 rings (SSSR count). The minimum atomic E-state index is 0.591. The van der Waals surface area contributed by atoms with Crippen LogP contribution in [-0.2, 0) is 6.42 Å². The zero-order chi connectivity index (χ0) is 13.9. The lowest BCUT2D eigenvalue weighted by atomic mass is 10.3. The molecular weight excluding hydrogens is 250 g/mol. The Kier molecular flexibility index (Phi) is 3.67. The number of nitrogens with one attached hydrogen (secondary N) is 1. The Balaban J connectivity index is 1.96. The highest BCUT2D eigenvalue weighted by molar-refractivity contribution is 5.53. The Bertz CT molecular complexity index is 586. The summed E-state index contributed by atoms with van der Waals surface area (Å²) < 4.78 is 2.21. The number of hydrogen-bond donors (Lipinski definition) is 1. The largest absolute Gasteiger partial charge is 0.370 e. The molecule has 1 aliphatic carbocycles. The predicted molar refractivity (Wildman–Crippen MR) is 79.7 cm³/mol. The van der Waals surface area contributed by atoms with Crippen molar-refractivity contribution in [1.29, 1.82) is 0 Å². The summed E-state index contributed by atoms with van der Waals surface area (Å²) in [5, 5.41) is 3.35. The van der Waals surface area contributed by atoms with Crippen molar-refractivity contribution in [3.63, 3.8) is 0 Å². The summed E-state index contributed by atoms with van der Waals surface area (Å²) in [4.78, 5) is 13.6. The van der Waals surface area contributed by atoms with Crippen LogP contribution in [0.4, 0.5) is 5.82 Å². The van der Waals surface area contributed by atoms with Crippen LogP contribution in [0, 0.1) is 0 Å². The van der Waals surface area contributed by atoms with Gasteiger partial charge in [0.05, 0.1) is 12.5 Å². The smallest absolute Gasteiger partial charge is 0.180 e. The Labute approximate surface area is 119 Å². The second-order valence-electron chi connectivity index (χ2n) is 5.27. The maximum atomic E-state index is 4.66. The van der Waals surface area contributed by atoms with Gasteiger partial charge in [0.25, 0.3) is 0 Å². The van der Waals surface area contributed by atoms with Crippen LogP contribution in [0.1, 0.15) is 44.8 Å². The topological polar surface area (TPSA) is 55.6 Å². The van der Waals surface area contributed by atoms with Gasteiger partial charge in [0, 0.05) is 24.3 Å². The summed E-state index contributed by atoms with van der Waals surface area (Å²) >= 11 is 0. The van der Waals surface area contributed by atoms with Crippen LogP contribution in [0.25, 0.3) is 11.5 Å². The minimum absolute atomic E-state index is 0.591. The fourth-order valence-electron chi connectivity index (χ4n) is 2.26. The van der Waals surface area contributed by atoms with Crippen LogP contribution in [0.5, 0.6) is 0 Å². The van der Waals surface area contributed by atoms with Crippen LogP contribution in [0.15, 0.2) is 18.6 Å². The average molecular weight is 271 g/mol. The minimum Gasteiger partial charge on any atom is -0.370 e. The van der Waals surface area contributed by atoms with Crippen molar-refractivity contribution >= 4 is 5.82 Å². The van der Waals surface area contributed by atoms with E-state index in [1.54, 1.807) is 0 Å². The highest BCUT2D eigenvalue weighted by Gasteiger charge is 2.26. The lowest BCUT2D eigenvalue weighted by molar-refractivity contribution is 0.742. The first-order chi connectivity index (χ1) is 9.81. The van der Waals surface area contributed by atoms with Gasteiger partial charge < -0.3 is 9.88 Å². The Morgan fingerprint density at radius 3 is 2.85 bits per heavy atom. The van der Waals surface area contributed by atoms with E-state index in [0.717, 1.165) is 42.4 Å². The van der Waals surface area contributed by atoms with Gasteiger partial charge in [-0.1, -0.05) is 13.8 Å². The molecule has 2 aromatic rings. The molecular formula is C15H21N5. The SMILES string of the molecule is CCCNc1cc(CC)nc(-c2cncn2C2CC2)n1. The maximum Gasteiger partial charge on any atom is 0.180 e. The van der Waals surface area contributed by atoms with Gasteiger partial charge in [-0.15, -0.1) is 0 Å². The van der Waals surface area contributed by atoms with Gasteiger partial charge in [-0.2, -0.15) is 0 Å². The van der Waals surface area contributed by atoms with Gasteiger partial charge in [-0.25, -0.2) is 15.0 Å². The molecule has 0 aliphatic heterocycles. The first kappa shape index (κ1) is 13.1. The molecule has 0 amide bonds. The molecule has 0 bridgehead atoms. The van der Waals surface area contributed by atoms with Gasteiger partial charge in [-0.05, 0) is 25.7 Å². The Morgan fingerprint density at radius 1 is 1.30 bits per heavy atom. The summed E-state index contributed by atoms with van der Waals surface area (Å²) in [5.41, 5.74) is 2.10. The van der Waals surface area contributed by atoms with E-state index < -0.39 is 0 Å².